The molecule has 0 unspecified atom stereocenters. The van der Waals surface area contributed by atoms with Gasteiger partial charge in [-0.1, -0.05) is 0 Å². The van der Waals surface area contributed by atoms with Gasteiger partial charge in [-0.3, -0.25) is 9.59 Å². The van der Waals surface area contributed by atoms with E-state index in [1.165, 1.54) is 19.3 Å². The summed E-state index contributed by atoms with van der Waals surface area (Å²) in [4.78, 5) is 28.8. The summed E-state index contributed by atoms with van der Waals surface area (Å²) in [6.45, 7) is 3.72. The van der Waals surface area contributed by atoms with Crippen LogP contribution in [0.4, 0.5) is 0 Å². The van der Waals surface area contributed by atoms with Crippen LogP contribution in [0.5, 0.6) is 0 Å². The summed E-state index contributed by atoms with van der Waals surface area (Å²) < 4.78 is 0. The van der Waals surface area contributed by atoms with Gasteiger partial charge in [-0.2, -0.15) is 0 Å². The van der Waals surface area contributed by atoms with Crippen LogP contribution in [0.3, 0.4) is 0 Å². The number of amides is 1. The average molecular weight is 362 g/mol. The number of aromatic nitrogens is 1. The van der Waals surface area contributed by atoms with Crippen LogP contribution in [-0.2, 0) is 0 Å². The number of nitrogens with zero attached hydrogens (tertiary/aromatic N) is 1. The highest BCUT2D eigenvalue weighted by atomic mass is 35.5. The second-order valence-electron chi connectivity index (χ2n) is 6.31. The van der Waals surface area contributed by atoms with Gasteiger partial charge in [-0.25, -0.2) is 0 Å². The van der Waals surface area contributed by atoms with Gasteiger partial charge in [0.25, 0.3) is 11.5 Å². The number of likely N-dealkylation sites (tertiary alicyclic amines) is 1. The molecule has 2 N–H and O–H groups in total. The maximum absolute atomic E-state index is 12.5. The lowest BCUT2D eigenvalue weighted by Crippen LogP contribution is -2.39. The normalized spacial score (nSPS) is 20.1. The Kier molecular flexibility index (Phi) is 7.58. The van der Waals surface area contributed by atoms with Crippen molar-refractivity contribution < 1.29 is 4.79 Å². The predicted octanol–water partition coefficient (Wildman–Crippen LogP) is 2.21. The molecular formula is C16H25Cl2N3O2. The van der Waals surface area contributed by atoms with E-state index in [2.05, 4.69) is 10.3 Å². The summed E-state index contributed by atoms with van der Waals surface area (Å²) >= 11 is 0. The van der Waals surface area contributed by atoms with E-state index in [0.29, 0.717) is 5.41 Å². The molecular weight excluding hydrogens is 337 g/mol. The van der Waals surface area contributed by atoms with Gasteiger partial charge in [0.05, 0.1) is 0 Å². The quantitative estimate of drug-likeness (QED) is 0.805. The SMILES string of the molecule is Cl.Cl.O=C(c1ccc[nH]c1=O)N1CCCC2(CCNCC2)CC1. The third kappa shape index (κ3) is 4.49. The summed E-state index contributed by atoms with van der Waals surface area (Å²) in [7, 11) is 0. The van der Waals surface area contributed by atoms with Crippen molar-refractivity contribution in [3.63, 3.8) is 0 Å². The zero-order valence-corrected chi connectivity index (χ0v) is 14.8. The van der Waals surface area contributed by atoms with Crippen molar-refractivity contribution in [2.24, 2.45) is 5.41 Å². The Morgan fingerprint density at radius 3 is 2.52 bits per heavy atom. The third-order valence-corrected chi connectivity index (χ3v) is 5.05. The van der Waals surface area contributed by atoms with Gasteiger partial charge in [0.15, 0.2) is 0 Å². The molecule has 2 aliphatic rings. The Balaban J connectivity index is 0.00000132. The number of pyridine rings is 1. The van der Waals surface area contributed by atoms with Gasteiger partial charge in [0.2, 0.25) is 0 Å². The van der Waals surface area contributed by atoms with Crippen LogP contribution >= 0.6 is 24.8 Å². The molecule has 5 nitrogen and oxygen atoms in total. The number of nitrogens with one attached hydrogen (secondary N) is 2. The highest BCUT2D eigenvalue weighted by Gasteiger charge is 2.35. The Bertz CT molecular complexity index is 570. The molecule has 1 spiro atoms. The lowest BCUT2D eigenvalue weighted by Gasteiger charge is -2.37. The van der Waals surface area contributed by atoms with Crippen LogP contribution in [0.2, 0.25) is 0 Å². The van der Waals surface area contributed by atoms with E-state index in [9.17, 15) is 9.59 Å². The predicted molar refractivity (Wildman–Crippen MR) is 95.8 cm³/mol. The highest BCUT2D eigenvalue weighted by Crippen LogP contribution is 2.39. The molecule has 0 aliphatic carbocycles. The molecule has 130 valence electrons. The molecule has 0 bridgehead atoms. The van der Waals surface area contributed by atoms with Gasteiger partial charge in [0, 0.05) is 19.3 Å². The Hall–Kier alpha value is -1.04. The summed E-state index contributed by atoms with van der Waals surface area (Å²) in [6.07, 6.45) is 7.28. The lowest BCUT2D eigenvalue weighted by atomic mass is 9.73. The van der Waals surface area contributed by atoms with Crippen molar-refractivity contribution in [1.29, 1.82) is 0 Å². The minimum Gasteiger partial charge on any atom is -0.338 e. The number of halogens is 2. The monoisotopic (exact) mass is 361 g/mol. The van der Waals surface area contributed by atoms with E-state index < -0.39 is 0 Å². The molecule has 23 heavy (non-hydrogen) atoms. The summed E-state index contributed by atoms with van der Waals surface area (Å²) in [5.74, 6) is -0.122. The number of carbonyl (C=O) groups excluding carboxylic acids is 1. The molecule has 2 aliphatic heterocycles. The van der Waals surface area contributed by atoms with Gasteiger partial charge in [0.1, 0.15) is 5.56 Å². The summed E-state index contributed by atoms with van der Waals surface area (Å²) in [6, 6.07) is 3.33. The van der Waals surface area contributed by atoms with Gasteiger partial charge in [-0.05, 0) is 62.7 Å². The molecule has 0 radical (unpaired) electrons. The molecule has 1 aromatic rings. The number of carbonyl (C=O) groups is 1. The maximum Gasteiger partial charge on any atom is 0.260 e. The molecule has 1 aromatic heterocycles. The highest BCUT2D eigenvalue weighted by molar-refractivity contribution is 5.93. The average Bonchev–Trinajstić information content (AvgIpc) is 2.71. The van der Waals surface area contributed by atoms with Crippen molar-refractivity contribution >= 4 is 30.7 Å². The van der Waals surface area contributed by atoms with Crippen LogP contribution in [-0.4, -0.2) is 42.0 Å². The summed E-state index contributed by atoms with van der Waals surface area (Å²) in [5.41, 5.74) is 0.380. The fourth-order valence-corrected chi connectivity index (χ4v) is 3.67. The lowest BCUT2D eigenvalue weighted by molar-refractivity contribution is 0.0749. The summed E-state index contributed by atoms with van der Waals surface area (Å²) in [5, 5.41) is 3.42. The van der Waals surface area contributed by atoms with Crippen molar-refractivity contribution in [2.45, 2.75) is 32.1 Å². The molecule has 0 saturated carbocycles. The molecule has 2 saturated heterocycles. The number of H-pyrrole nitrogens is 1. The first-order chi connectivity index (χ1) is 10.2. The number of hydrogen-bond acceptors (Lipinski definition) is 3. The fraction of sp³-hybridized carbons (Fsp3) is 0.625. The molecule has 0 atom stereocenters. The van der Waals surface area contributed by atoms with E-state index in [1.807, 2.05) is 4.90 Å². The Morgan fingerprint density at radius 2 is 1.83 bits per heavy atom. The topological polar surface area (TPSA) is 65.2 Å². The Morgan fingerprint density at radius 1 is 1.09 bits per heavy atom. The van der Waals surface area contributed by atoms with Crippen molar-refractivity contribution in [2.75, 3.05) is 26.2 Å². The van der Waals surface area contributed by atoms with Crippen molar-refractivity contribution in [1.82, 2.24) is 15.2 Å². The molecule has 3 rings (SSSR count). The van der Waals surface area contributed by atoms with Gasteiger partial charge >= 0.3 is 0 Å². The molecule has 7 heteroatoms. The Labute approximate surface area is 149 Å². The minimum absolute atomic E-state index is 0. The first kappa shape index (κ1) is 20.0. The zero-order chi connectivity index (χ0) is 14.7. The van der Waals surface area contributed by atoms with E-state index in [1.54, 1.807) is 18.3 Å². The first-order valence-electron chi connectivity index (χ1n) is 7.88. The first-order valence-corrected chi connectivity index (χ1v) is 7.88. The van der Waals surface area contributed by atoms with Gasteiger partial charge < -0.3 is 15.2 Å². The number of aromatic amines is 1. The van der Waals surface area contributed by atoms with Crippen LogP contribution in [0.1, 0.15) is 42.5 Å². The largest absolute Gasteiger partial charge is 0.338 e. The van der Waals surface area contributed by atoms with E-state index in [4.69, 9.17) is 0 Å². The van der Waals surface area contributed by atoms with Gasteiger partial charge in [-0.15, -0.1) is 24.8 Å². The maximum atomic E-state index is 12.5. The van der Waals surface area contributed by atoms with Crippen LogP contribution in [0.15, 0.2) is 23.1 Å². The van der Waals surface area contributed by atoms with Crippen molar-refractivity contribution in [3.8, 4) is 0 Å². The number of rotatable bonds is 1. The molecule has 0 aromatic carbocycles. The zero-order valence-electron chi connectivity index (χ0n) is 13.2. The standard InChI is InChI=1S/C16H23N3O2.2ClH/c20-14-13(3-1-8-18-14)15(21)19-11-2-4-16(7-12-19)5-9-17-10-6-16;;/h1,3,8,17H,2,4-7,9-12H2,(H,18,20);2*1H. The fourth-order valence-electron chi connectivity index (χ4n) is 3.67. The van der Waals surface area contributed by atoms with Crippen LogP contribution in [0.25, 0.3) is 0 Å². The van der Waals surface area contributed by atoms with Crippen molar-refractivity contribution in [3.05, 3.63) is 34.2 Å². The van der Waals surface area contributed by atoms with E-state index in [-0.39, 0.29) is 41.8 Å². The van der Waals surface area contributed by atoms with E-state index >= 15 is 0 Å². The van der Waals surface area contributed by atoms with Crippen LogP contribution < -0.4 is 10.9 Å². The van der Waals surface area contributed by atoms with Crippen LogP contribution in [0, 0.1) is 5.41 Å². The minimum atomic E-state index is -0.289. The third-order valence-electron chi connectivity index (χ3n) is 5.05. The smallest absolute Gasteiger partial charge is 0.260 e. The molecule has 3 heterocycles. The molecule has 1 amide bonds. The number of piperidine rings is 1. The second-order valence-corrected chi connectivity index (χ2v) is 6.31. The number of hydrogen-bond donors (Lipinski definition) is 2. The second kappa shape index (κ2) is 8.71. The van der Waals surface area contributed by atoms with E-state index in [0.717, 1.165) is 39.0 Å². The molecule has 2 fully saturated rings.